The standard InChI is InChI=1S/C15H14BrClN2OS/c1-20-14-5-3-2-4-10(14)9-18-15(21)19-13-7-6-11(16)8-12(13)17/h2-8H,9H2,1H3,(H2,18,19,21). The maximum atomic E-state index is 6.14. The number of halogens is 2. The lowest BCUT2D eigenvalue weighted by atomic mass is 10.2. The highest BCUT2D eigenvalue weighted by molar-refractivity contribution is 9.10. The molecule has 2 rings (SSSR count). The van der Waals surface area contributed by atoms with E-state index in [-0.39, 0.29) is 0 Å². The highest BCUT2D eigenvalue weighted by Gasteiger charge is 2.05. The zero-order chi connectivity index (χ0) is 15.2. The molecule has 0 bridgehead atoms. The molecule has 2 aromatic rings. The molecule has 0 spiro atoms. The molecule has 0 heterocycles. The molecule has 3 nitrogen and oxygen atoms in total. The van der Waals surface area contributed by atoms with Gasteiger partial charge in [0.15, 0.2) is 5.11 Å². The quantitative estimate of drug-likeness (QED) is 0.754. The Labute approximate surface area is 142 Å². The molecule has 0 radical (unpaired) electrons. The van der Waals surface area contributed by atoms with Crippen LogP contribution in [0.4, 0.5) is 5.69 Å². The van der Waals surface area contributed by atoms with Gasteiger partial charge in [0.05, 0.1) is 17.8 Å². The Morgan fingerprint density at radius 1 is 1.29 bits per heavy atom. The van der Waals surface area contributed by atoms with Crippen molar-refractivity contribution in [3.05, 3.63) is 57.5 Å². The van der Waals surface area contributed by atoms with Crippen molar-refractivity contribution in [3.63, 3.8) is 0 Å². The fourth-order valence-electron chi connectivity index (χ4n) is 1.78. The van der Waals surface area contributed by atoms with E-state index in [2.05, 4.69) is 26.6 Å². The van der Waals surface area contributed by atoms with E-state index in [0.29, 0.717) is 16.7 Å². The normalized spacial score (nSPS) is 10.0. The Hall–Kier alpha value is -1.30. The van der Waals surface area contributed by atoms with E-state index in [4.69, 9.17) is 28.6 Å². The van der Waals surface area contributed by atoms with E-state index in [1.807, 2.05) is 42.5 Å². The number of methoxy groups -OCH3 is 1. The topological polar surface area (TPSA) is 33.3 Å². The van der Waals surface area contributed by atoms with Crippen molar-refractivity contribution in [2.75, 3.05) is 12.4 Å². The Bertz CT molecular complexity index is 651. The lowest BCUT2D eigenvalue weighted by Crippen LogP contribution is -2.28. The zero-order valence-electron chi connectivity index (χ0n) is 11.3. The summed E-state index contributed by atoms with van der Waals surface area (Å²) >= 11 is 14.8. The van der Waals surface area contributed by atoms with Gasteiger partial charge in [0, 0.05) is 16.6 Å². The summed E-state index contributed by atoms with van der Waals surface area (Å²) in [6.45, 7) is 0.573. The zero-order valence-corrected chi connectivity index (χ0v) is 14.5. The number of para-hydroxylation sites is 1. The average molecular weight is 386 g/mol. The second kappa shape index (κ2) is 7.64. The van der Waals surface area contributed by atoms with Crippen LogP contribution < -0.4 is 15.4 Å². The van der Waals surface area contributed by atoms with Gasteiger partial charge in [-0.2, -0.15) is 0 Å². The molecule has 0 saturated heterocycles. The first-order chi connectivity index (χ1) is 10.1. The summed E-state index contributed by atoms with van der Waals surface area (Å²) in [5.74, 6) is 0.828. The maximum absolute atomic E-state index is 6.14. The second-order valence-electron chi connectivity index (χ2n) is 4.24. The van der Waals surface area contributed by atoms with Crippen molar-refractivity contribution in [2.45, 2.75) is 6.54 Å². The molecule has 0 aliphatic rings. The minimum absolute atomic E-state index is 0.505. The van der Waals surface area contributed by atoms with Crippen LogP contribution in [0.1, 0.15) is 5.56 Å². The summed E-state index contributed by atoms with van der Waals surface area (Å²) < 4.78 is 6.22. The van der Waals surface area contributed by atoms with Gasteiger partial charge in [-0.05, 0) is 36.5 Å². The van der Waals surface area contributed by atoms with E-state index in [1.165, 1.54) is 0 Å². The van der Waals surface area contributed by atoms with Crippen LogP contribution in [0.15, 0.2) is 46.9 Å². The van der Waals surface area contributed by atoms with Crippen LogP contribution in [0.3, 0.4) is 0 Å². The average Bonchev–Trinajstić information content (AvgIpc) is 2.48. The third kappa shape index (κ3) is 4.59. The van der Waals surface area contributed by atoms with Crippen molar-refractivity contribution in [1.29, 1.82) is 0 Å². The third-order valence-electron chi connectivity index (χ3n) is 2.81. The third-order valence-corrected chi connectivity index (χ3v) is 3.86. The van der Waals surface area contributed by atoms with Crippen molar-refractivity contribution in [2.24, 2.45) is 0 Å². The summed E-state index contributed by atoms with van der Waals surface area (Å²) in [5, 5.41) is 7.31. The first-order valence-electron chi connectivity index (χ1n) is 6.22. The van der Waals surface area contributed by atoms with Crippen LogP contribution in [0.5, 0.6) is 5.75 Å². The van der Waals surface area contributed by atoms with E-state index in [1.54, 1.807) is 7.11 Å². The van der Waals surface area contributed by atoms with Crippen LogP contribution in [-0.2, 0) is 6.54 Å². The molecule has 2 N–H and O–H groups in total. The fraction of sp³-hybridized carbons (Fsp3) is 0.133. The molecular weight excluding hydrogens is 372 g/mol. The number of hydrogen-bond donors (Lipinski definition) is 2. The predicted octanol–water partition coefficient (Wildman–Crippen LogP) is 4.60. The molecular formula is C15H14BrClN2OS. The number of anilines is 1. The van der Waals surface area contributed by atoms with E-state index < -0.39 is 0 Å². The van der Waals surface area contributed by atoms with Crippen molar-refractivity contribution >= 4 is 50.5 Å². The Balaban J connectivity index is 1.96. The molecule has 0 aromatic heterocycles. The largest absolute Gasteiger partial charge is 0.496 e. The monoisotopic (exact) mass is 384 g/mol. The van der Waals surface area contributed by atoms with Gasteiger partial charge >= 0.3 is 0 Å². The minimum Gasteiger partial charge on any atom is -0.496 e. The predicted molar refractivity (Wildman–Crippen MR) is 95.2 cm³/mol. The highest BCUT2D eigenvalue weighted by Crippen LogP contribution is 2.25. The number of hydrogen-bond acceptors (Lipinski definition) is 2. The SMILES string of the molecule is COc1ccccc1CNC(=S)Nc1ccc(Br)cc1Cl. The van der Waals surface area contributed by atoms with Gasteiger partial charge in [-0.3, -0.25) is 0 Å². The van der Waals surface area contributed by atoms with Crippen molar-refractivity contribution in [1.82, 2.24) is 5.32 Å². The first-order valence-corrected chi connectivity index (χ1v) is 7.80. The number of rotatable bonds is 4. The Morgan fingerprint density at radius 3 is 2.76 bits per heavy atom. The van der Waals surface area contributed by atoms with Crippen LogP contribution in [0.25, 0.3) is 0 Å². The summed E-state index contributed by atoms with van der Waals surface area (Å²) in [5.41, 5.74) is 1.79. The first kappa shape index (κ1) is 16.1. The minimum atomic E-state index is 0.505. The van der Waals surface area contributed by atoms with E-state index in [9.17, 15) is 0 Å². The summed E-state index contributed by atoms with van der Waals surface area (Å²) in [6, 6.07) is 13.4. The molecule has 0 saturated carbocycles. The molecule has 2 aromatic carbocycles. The Morgan fingerprint density at radius 2 is 2.05 bits per heavy atom. The molecule has 0 unspecified atom stereocenters. The highest BCUT2D eigenvalue weighted by atomic mass is 79.9. The lowest BCUT2D eigenvalue weighted by molar-refractivity contribution is 0.409. The molecule has 0 aliphatic heterocycles. The van der Waals surface area contributed by atoms with Gasteiger partial charge < -0.3 is 15.4 Å². The molecule has 21 heavy (non-hydrogen) atoms. The lowest BCUT2D eigenvalue weighted by Gasteiger charge is -2.13. The van der Waals surface area contributed by atoms with Gasteiger partial charge in [-0.15, -0.1) is 0 Å². The molecule has 0 amide bonds. The maximum Gasteiger partial charge on any atom is 0.171 e. The van der Waals surface area contributed by atoms with Gasteiger partial charge in [0.25, 0.3) is 0 Å². The fourth-order valence-corrected chi connectivity index (χ4v) is 2.68. The van der Waals surface area contributed by atoms with E-state index in [0.717, 1.165) is 21.5 Å². The number of benzene rings is 2. The second-order valence-corrected chi connectivity index (χ2v) is 5.97. The van der Waals surface area contributed by atoms with Gasteiger partial charge in [-0.25, -0.2) is 0 Å². The van der Waals surface area contributed by atoms with Crippen molar-refractivity contribution in [3.8, 4) is 5.75 Å². The number of nitrogens with one attached hydrogen (secondary N) is 2. The number of thiocarbonyl (C=S) groups is 1. The van der Waals surface area contributed by atoms with Crippen LogP contribution in [0.2, 0.25) is 5.02 Å². The molecule has 6 heteroatoms. The molecule has 0 fully saturated rings. The van der Waals surface area contributed by atoms with Crippen LogP contribution in [0, 0.1) is 0 Å². The smallest absolute Gasteiger partial charge is 0.171 e. The van der Waals surface area contributed by atoms with Gasteiger partial charge in [0.1, 0.15) is 5.75 Å². The summed E-state index contributed by atoms with van der Waals surface area (Å²) in [7, 11) is 1.65. The summed E-state index contributed by atoms with van der Waals surface area (Å²) in [4.78, 5) is 0. The van der Waals surface area contributed by atoms with Crippen LogP contribution in [-0.4, -0.2) is 12.2 Å². The van der Waals surface area contributed by atoms with Gasteiger partial charge in [-0.1, -0.05) is 45.7 Å². The van der Waals surface area contributed by atoms with Crippen LogP contribution >= 0.6 is 39.7 Å². The molecule has 110 valence electrons. The van der Waals surface area contributed by atoms with E-state index >= 15 is 0 Å². The molecule has 0 atom stereocenters. The number of ether oxygens (including phenoxy) is 1. The summed E-state index contributed by atoms with van der Waals surface area (Å²) in [6.07, 6.45) is 0. The van der Waals surface area contributed by atoms with Gasteiger partial charge in [0.2, 0.25) is 0 Å². The molecule has 0 aliphatic carbocycles. The Kier molecular flexibility index (Phi) is 5.85. The van der Waals surface area contributed by atoms with Crippen molar-refractivity contribution < 1.29 is 4.74 Å².